The van der Waals surface area contributed by atoms with Gasteiger partial charge < -0.3 is 10.2 Å². The summed E-state index contributed by atoms with van der Waals surface area (Å²) >= 11 is 0. The number of rotatable bonds is 1. The van der Waals surface area contributed by atoms with Crippen molar-refractivity contribution in [3.8, 4) is 0 Å². The molecule has 34 heavy (non-hydrogen) atoms. The van der Waals surface area contributed by atoms with Gasteiger partial charge in [-0.05, 0) is 110 Å². The minimum Gasteiger partial charge on any atom is -0.481 e. The summed E-state index contributed by atoms with van der Waals surface area (Å²) in [5.41, 5.74) is 0.142. The van der Waals surface area contributed by atoms with Gasteiger partial charge in [-0.15, -0.1) is 0 Å². The van der Waals surface area contributed by atoms with Crippen molar-refractivity contribution in [3.63, 3.8) is 0 Å². The average Bonchev–Trinajstić information content (AvgIpc) is 2.73. The molecule has 2 N–H and O–H groups in total. The van der Waals surface area contributed by atoms with E-state index in [0.717, 1.165) is 51.4 Å². The molecule has 0 aromatic carbocycles. The van der Waals surface area contributed by atoms with Crippen molar-refractivity contribution in [2.24, 2.45) is 50.2 Å². The van der Waals surface area contributed by atoms with Gasteiger partial charge in [-0.2, -0.15) is 0 Å². The lowest BCUT2D eigenvalue weighted by Crippen LogP contribution is -2.66. The Kier molecular flexibility index (Phi) is 5.04. The predicted octanol–water partition coefficient (Wildman–Crippen LogP) is 6.41. The number of ketones is 1. The molecule has 5 aliphatic carbocycles. The smallest absolute Gasteiger partial charge is 0.309 e. The van der Waals surface area contributed by atoms with Gasteiger partial charge in [0.05, 0.1) is 11.5 Å². The first-order valence-corrected chi connectivity index (χ1v) is 13.7. The number of allylic oxidation sites excluding steroid dienone is 2. The quantitative estimate of drug-likeness (QED) is 0.464. The van der Waals surface area contributed by atoms with Crippen molar-refractivity contribution in [3.05, 3.63) is 11.6 Å². The lowest BCUT2D eigenvalue weighted by atomic mass is 9.33. The van der Waals surface area contributed by atoms with Crippen LogP contribution in [0, 0.1) is 50.2 Å². The van der Waals surface area contributed by atoms with Gasteiger partial charge in [-0.25, -0.2) is 0 Å². The first-order chi connectivity index (χ1) is 15.6. The van der Waals surface area contributed by atoms with Gasteiger partial charge in [-0.3, -0.25) is 9.59 Å². The normalized spacial score (nSPS) is 54.1. The molecule has 0 spiro atoms. The largest absolute Gasteiger partial charge is 0.481 e. The van der Waals surface area contributed by atoms with Crippen molar-refractivity contribution in [2.45, 2.75) is 112 Å². The molecule has 0 saturated heterocycles. The number of carboxylic acid groups (broad SMARTS) is 1. The van der Waals surface area contributed by atoms with Crippen LogP contribution in [0.15, 0.2) is 11.6 Å². The first-order valence-electron chi connectivity index (χ1n) is 13.7. The number of carbonyl (C=O) groups excluding carboxylic acids is 1. The lowest BCUT2D eigenvalue weighted by Gasteiger charge is -2.70. The molecule has 4 nitrogen and oxygen atoms in total. The molecule has 0 aliphatic heterocycles. The Morgan fingerprint density at radius 3 is 2.21 bits per heavy atom. The zero-order valence-electron chi connectivity index (χ0n) is 22.5. The molecule has 5 aliphatic rings. The van der Waals surface area contributed by atoms with Crippen molar-refractivity contribution in [1.29, 1.82) is 0 Å². The molecule has 1 unspecified atom stereocenters. The molecule has 0 bridgehead atoms. The molecular weight excluding hydrogens is 424 g/mol. The van der Waals surface area contributed by atoms with E-state index in [1.807, 2.05) is 13.0 Å². The van der Waals surface area contributed by atoms with Crippen molar-refractivity contribution in [2.75, 3.05) is 0 Å². The van der Waals surface area contributed by atoms with E-state index in [2.05, 4.69) is 41.5 Å². The van der Waals surface area contributed by atoms with E-state index in [0.29, 0.717) is 12.3 Å². The third-order valence-electron chi connectivity index (χ3n) is 13.1. The Bertz CT molecular complexity index is 965. The molecule has 0 aromatic heterocycles. The highest BCUT2D eigenvalue weighted by molar-refractivity contribution is 5.95. The van der Waals surface area contributed by atoms with Gasteiger partial charge in [0.25, 0.3) is 0 Å². The van der Waals surface area contributed by atoms with Crippen LogP contribution >= 0.6 is 0 Å². The van der Waals surface area contributed by atoms with Crippen molar-refractivity contribution >= 4 is 11.8 Å². The van der Waals surface area contributed by atoms with Crippen LogP contribution in [0.25, 0.3) is 0 Å². The summed E-state index contributed by atoms with van der Waals surface area (Å²) < 4.78 is 0. The molecule has 5 rings (SSSR count). The zero-order valence-corrected chi connectivity index (χ0v) is 22.5. The second-order valence-corrected chi connectivity index (χ2v) is 14.9. The molecule has 0 heterocycles. The fourth-order valence-corrected chi connectivity index (χ4v) is 10.4. The maximum atomic E-state index is 14.2. The molecule has 0 amide bonds. The molecular formula is C30H46O4. The number of aliphatic carboxylic acids is 1. The summed E-state index contributed by atoms with van der Waals surface area (Å²) in [7, 11) is 0. The monoisotopic (exact) mass is 470 g/mol. The molecule has 4 fully saturated rings. The molecule has 4 saturated carbocycles. The standard InChI is InChI=1S/C30H46O4/c1-25(2)21-8-11-30(7)23(28(21,5)10-9-22(25)32)20(31)16-18-19-17-27(4,24(33)34)13-12-26(19,3)14-15-29(18,30)6/h16,19,21-23,32H,8-15,17H2,1-7H3,(H,33,34)/t19-,21-,22?,23-,26+,27+,28-,29+,30+/m0/s1. The van der Waals surface area contributed by atoms with Crippen LogP contribution in [-0.2, 0) is 9.59 Å². The first kappa shape index (κ1) is 24.5. The second-order valence-electron chi connectivity index (χ2n) is 14.9. The fourth-order valence-electron chi connectivity index (χ4n) is 10.4. The van der Waals surface area contributed by atoms with Crippen LogP contribution in [0.5, 0.6) is 0 Å². The third kappa shape index (κ3) is 2.81. The Morgan fingerprint density at radius 2 is 1.56 bits per heavy atom. The maximum absolute atomic E-state index is 14.2. The van der Waals surface area contributed by atoms with Gasteiger partial charge in [0.15, 0.2) is 5.78 Å². The number of hydrogen-bond donors (Lipinski definition) is 2. The highest BCUT2D eigenvalue weighted by Gasteiger charge is 2.70. The molecule has 0 aromatic rings. The number of aliphatic hydroxyl groups is 1. The van der Waals surface area contributed by atoms with E-state index in [1.165, 1.54) is 5.57 Å². The van der Waals surface area contributed by atoms with Gasteiger partial charge in [0.1, 0.15) is 0 Å². The zero-order chi connectivity index (χ0) is 25.1. The van der Waals surface area contributed by atoms with E-state index in [-0.39, 0.29) is 50.8 Å². The number of hydrogen-bond acceptors (Lipinski definition) is 3. The van der Waals surface area contributed by atoms with E-state index in [1.54, 1.807) is 0 Å². The van der Waals surface area contributed by atoms with E-state index >= 15 is 0 Å². The SMILES string of the molecule is CC1(C)C(O)CC[C@@]2(C)[C@H]1CC[C@]1(C)[C@H]2C(=O)C=C2[C@@H]3C[C@](C)(C(=O)O)CC[C@]3(C)CC[C@]21C. The highest BCUT2D eigenvalue weighted by Crippen LogP contribution is 2.75. The summed E-state index contributed by atoms with van der Waals surface area (Å²) in [5, 5.41) is 20.9. The summed E-state index contributed by atoms with van der Waals surface area (Å²) in [6, 6.07) is 0. The van der Waals surface area contributed by atoms with Crippen LogP contribution in [0.1, 0.15) is 106 Å². The Labute approximate surface area is 206 Å². The topological polar surface area (TPSA) is 74.6 Å². The number of carboxylic acids is 1. The van der Waals surface area contributed by atoms with Crippen LogP contribution in [0.2, 0.25) is 0 Å². The summed E-state index contributed by atoms with van der Waals surface area (Å²) in [4.78, 5) is 26.4. The minimum atomic E-state index is -0.711. The van der Waals surface area contributed by atoms with Crippen molar-refractivity contribution in [1.82, 2.24) is 0 Å². The van der Waals surface area contributed by atoms with Crippen LogP contribution < -0.4 is 0 Å². The van der Waals surface area contributed by atoms with E-state index in [4.69, 9.17) is 0 Å². The number of aliphatic hydroxyl groups excluding tert-OH is 1. The summed E-state index contributed by atoms with van der Waals surface area (Å²) in [6.45, 7) is 15.8. The molecule has 190 valence electrons. The Morgan fingerprint density at radius 1 is 0.912 bits per heavy atom. The van der Waals surface area contributed by atoms with E-state index in [9.17, 15) is 19.8 Å². The van der Waals surface area contributed by atoms with Gasteiger partial charge >= 0.3 is 5.97 Å². The minimum absolute atomic E-state index is 0.0296. The molecule has 4 heteroatoms. The van der Waals surface area contributed by atoms with Crippen LogP contribution in [0.4, 0.5) is 0 Å². The predicted molar refractivity (Wildman–Crippen MR) is 133 cm³/mol. The van der Waals surface area contributed by atoms with Crippen LogP contribution in [-0.4, -0.2) is 28.1 Å². The fraction of sp³-hybridized carbons (Fsp3) is 0.867. The van der Waals surface area contributed by atoms with Crippen molar-refractivity contribution < 1.29 is 19.8 Å². The molecule has 9 atom stereocenters. The number of carbonyl (C=O) groups is 2. The maximum Gasteiger partial charge on any atom is 0.309 e. The Hall–Kier alpha value is -1.16. The summed E-state index contributed by atoms with van der Waals surface area (Å²) in [6.07, 6.45) is 9.95. The van der Waals surface area contributed by atoms with Gasteiger partial charge in [0, 0.05) is 5.92 Å². The highest BCUT2D eigenvalue weighted by atomic mass is 16.4. The second kappa shape index (κ2) is 6.99. The molecule has 0 radical (unpaired) electrons. The lowest BCUT2D eigenvalue weighted by molar-refractivity contribution is -0.202. The summed E-state index contributed by atoms with van der Waals surface area (Å²) in [5.74, 6) is 0.0603. The third-order valence-corrected chi connectivity index (χ3v) is 13.1. The number of fused-ring (bicyclic) bond motifs is 7. The Balaban J connectivity index is 1.62. The van der Waals surface area contributed by atoms with Gasteiger partial charge in [0.2, 0.25) is 0 Å². The van der Waals surface area contributed by atoms with Crippen LogP contribution in [0.3, 0.4) is 0 Å². The average molecular weight is 471 g/mol. The van der Waals surface area contributed by atoms with E-state index < -0.39 is 11.4 Å². The van der Waals surface area contributed by atoms with Gasteiger partial charge in [-0.1, -0.05) is 47.1 Å².